The van der Waals surface area contributed by atoms with Crippen LogP contribution in [0.25, 0.3) is 11.1 Å². The molecule has 24 heavy (non-hydrogen) atoms. The van der Waals surface area contributed by atoms with Gasteiger partial charge in [0.15, 0.2) is 0 Å². The maximum Gasteiger partial charge on any atom is 0.239 e. The molecule has 1 aliphatic rings. The highest BCUT2D eigenvalue weighted by Gasteiger charge is 2.23. The monoisotopic (exact) mass is 366 g/mol. The minimum atomic E-state index is -3.82. The van der Waals surface area contributed by atoms with Gasteiger partial charge in [0, 0.05) is 12.6 Å². The molecule has 0 amide bonds. The average Bonchev–Trinajstić information content (AvgIpc) is 2.54. The largest absolute Gasteiger partial charge is 0.371 e. The SMILES string of the molecule is C[C@@H]1NCCO[C@H]1c1ccc(-c2ccc(S(N)(=O)=O)c(Cl)c2)cc1. The van der Waals surface area contributed by atoms with Gasteiger partial charge >= 0.3 is 0 Å². The molecule has 0 radical (unpaired) electrons. The third-order valence-electron chi connectivity index (χ3n) is 4.13. The molecule has 1 saturated heterocycles. The molecule has 2 aromatic rings. The van der Waals surface area contributed by atoms with Gasteiger partial charge in [-0.2, -0.15) is 0 Å². The quantitative estimate of drug-likeness (QED) is 0.875. The first-order chi connectivity index (χ1) is 11.4. The van der Waals surface area contributed by atoms with E-state index in [9.17, 15) is 8.42 Å². The lowest BCUT2D eigenvalue weighted by Crippen LogP contribution is -2.41. The molecule has 128 valence electrons. The third kappa shape index (κ3) is 3.63. The minimum Gasteiger partial charge on any atom is -0.371 e. The summed E-state index contributed by atoms with van der Waals surface area (Å²) in [6, 6.07) is 13.0. The highest BCUT2D eigenvalue weighted by atomic mass is 35.5. The molecule has 0 bridgehead atoms. The van der Waals surface area contributed by atoms with Crippen molar-refractivity contribution in [3.05, 3.63) is 53.1 Å². The summed E-state index contributed by atoms with van der Waals surface area (Å²) in [6.45, 7) is 3.66. The summed E-state index contributed by atoms with van der Waals surface area (Å²) < 4.78 is 28.7. The fourth-order valence-electron chi connectivity index (χ4n) is 2.89. The van der Waals surface area contributed by atoms with Gasteiger partial charge in [-0.05, 0) is 35.7 Å². The highest BCUT2D eigenvalue weighted by Crippen LogP contribution is 2.30. The minimum absolute atomic E-state index is 0.0288. The fraction of sp³-hybridized carbons (Fsp3) is 0.294. The topological polar surface area (TPSA) is 81.4 Å². The Bertz CT molecular complexity index is 837. The Morgan fingerprint density at radius 2 is 1.83 bits per heavy atom. The van der Waals surface area contributed by atoms with E-state index in [1.165, 1.54) is 6.07 Å². The van der Waals surface area contributed by atoms with Crippen LogP contribution in [0.2, 0.25) is 5.02 Å². The van der Waals surface area contributed by atoms with Crippen LogP contribution in [-0.4, -0.2) is 27.6 Å². The van der Waals surface area contributed by atoms with Crippen molar-refractivity contribution in [3.63, 3.8) is 0 Å². The predicted molar refractivity (Wildman–Crippen MR) is 94.4 cm³/mol. The van der Waals surface area contributed by atoms with Gasteiger partial charge in [-0.25, -0.2) is 13.6 Å². The van der Waals surface area contributed by atoms with Crippen molar-refractivity contribution >= 4 is 21.6 Å². The third-order valence-corrected chi connectivity index (χ3v) is 5.52. The zero-order chi connectivity index (χ0) is 17.3. The molecule has 3 rings (SSSR count). The van der Waals surface area contributed by atoms with Crippen molar-refractivity contribution in [2.75, 3.05) is 13.2 Å². The van der Waals surface area contributed by atoms with Crippen LogP contribution in [0.1, 0.15) is 18.6 Å². The fourth-order valence-corrected chi connectivity index (χ4v) is 3.98. The zero-order valence-corrected chi connectivity index (χ0v) is 14.8. The molecule has 1 heterocycles. The number of sulfonamides is 1. The van der Waals surface area contributed by atoms with Gasteiger partial charge in [-0.15, -0.1) is 0 Å². The standard InChI is InChI=1S/C17H19ClN2O3S/c1-11-17(23-9-8-20-11)13-4-2-12(3-5-13)14-6-7-16(15(18)10-14)24(19,21)22/h2-7,10-11,17,20H,8-9H2,1H3,(H2,19,21,22)/t11-,17+/m0/s1. The summed E-state index contributed by atoms with van der Waals surface area (Å²) in [4.78, 5) is -0.0694. The van der Waals surface area contributed by atoms with Gasteiger partial charge in [0.25, 0.3) is 0 Å². The highest BCUT2D eigenvalue weighted by molar-refractivity contribution is 7.89. The Labute approximate surface area is 146 Å². The van der Waals surface area contributed by atoms with Gasteiger partial charge in [0.05, 0.1) is 17.7 Å². The Balaban J connectivity index is 1.87. The molecule has 2 atom stereocenters. The lowest BCUT2D eigenvalue weighted by Gasteiger charge is -2.30. The molecular formula is C17H19ClN2O3S. The van der Waals surface area contributed by atoms with E-state index in [-0.39, 0.29) is 22.1 Å². The molecular weight excluding hydrogens is 348 g/mol. The Kier molecular flexibility index (Phi) is 4.94. The van der Waals surface area contributed by atoms with Crippen molar-refractivity contribution in [1.29, 1.82) is 0 Å². The van der Waals surface area contributed by atoms with Gasteiger partial charge < -0.3 is 10.1 Å². The number of rotatable bonds is 3. The second kappa shape index (κ2) is 6.82. The molecule has 0 unspecified atom stereocenters. The van der Waals surface area contributed by atoms with Crippen LogP contribution < -0.4 is 10.5 Å². The Morgan fingerprint density at radius 1 is 1.17 bits per heavy atom. The van der Waals surface area contributed by atoms with E-state index in [1.807, 2.05) is 24.3 Å². The van der Waals surface area contributed by atoms with Crippen LogP contribution in [0.5, 0.6) is 0 Å². The lowest BCUT2D eigenvalue weighted by molar-refractivity contribution is -0.000215. The van der Waals surface area contributed by atoms with E-state index in [0.29, 0.717) is 6.61 Å². The Morgan fingerprint density at radius 3 is 2.42 bits per heavy atom. The number of hydrogen-bond acceptors (Lipinski definition) is 4. The van der Waals surface area contributed by atoms with Gasteiger partial charge in [0.2, 0.25) is 10.0 Å². The molecule has 0 aromatic heterocycles. The maximum absolute atomic E-state index is 11.4. The average molecular weight is 367 g/mol. The van der Waals surface area contributed by atoms with Gasteiger partial charge in [-0.1, -0.05) is 41.9 Å². The van der Waals surface area contributed by atoms with Crippen LogP contribution in [0, 0.1) is 0 Å². The molecule has 2 aromatic carbocycles. The molecule has 3 N–H and O–H groups in total. The van der Waals surface area contributed by atoms with Crippen molar-refractivity contribution in [1.82, 2.24) is 5.32 Å². The summed E-state index contributed by atoms with van der Waals surface area (Å²) in [5.41, 5.74) is 2.87. The predicted octanol–water partition coefficient (Wildman–Crippen LogP) is 2.70. The number of halogens is 1. The van der Waals surface area contributed by atoms with Crippen LogP contribution >= 0.6 is 11.6 Å². The number of benzene rings is 2. The van der Waals surface area contributed by atoms with Crippen molar-refractivity contribution in [3.8, 4) is 11.1 Å². The molecule has 0 saturated carbocycles. The number of nitrogens with two attached hydrogens (primary N) is 1. The van der Waals surface area contributed by atoms with Gasteiger partial charge in [0.1, 0.15) is 4.90 Å². The summed E-state index contributed by atoms with van der Waals surface area (Å²) in [7, 11) is -3.82. The van der Waals surface area contributed by atoms with E-state index in [1.54, 1.807) is 12.1 Å². The Hall–Kier alpha value is -1.44. The molecule has 5 nitrogen and oxygen atoms in total. The second-order valence-electron chi connectivity index (χ2n) is 5.85. The van der Waals surface area contributed by atoms with E-state index < -0.39 is 10.0 Å². The van der Waals surface area contributed by atoms with E-state index in [4.69, 9.17) is 21.5 Å². The first-order valence-electron chi connectivity index (χ1n) is 7.64. The maximum atomic E-state index is 11.4. The number of nitrogens with one attached hydrogen (secondary N) is 1. The second-order valence-corrected chi connectivity index (χ2v) is 7.78. The molecule has 1 aliphatic heterocycles. The van der Waals surface area contributed by atoms with Crippen molar-refractivity contribution in [2.45, 2.75) is 24.0 Å². The van der Waals surface area contributed by atoms with E-state index >= 15 is 0 Å². The summed E-state index contributed by atoms with van der Waals surface area (Å²) in [5.74, 6) is 0. The number of morpholine rings is 1. The first-order valence-corrected chi connectivity index (χ1v) is 9.56. The lowest BCUT2D eigenvalue weighted by atomic mass is 9.98. The van der Waals surface area contributed by atoms with Crippen LogP contribution in [-0.2, 0) is 14.8 Å². The summed E-state index contributed by atoms with van der Waals surface area (Å²) in [5, 5.41) is 8.64. The summed E-state index contributed by atoms with van der Waals surface area (Å²) >= 11 is 6.05. The van der Waals surface area contributed by atoms with Crippen LogP contribution in [0.4, 0.5) is 0 Å². The van der Waals surface area contributed by atoms with Gasteiger partial charge in [-0.3, -0.25) is 0 Å². The smallest absolute Gasteiger partial charge is 0.239 e. The van der Waals surface area contributed by atoms with E-state index in [0.717, 1.165) is 23.2 Å². The molecule has 1 fully saturated rings. The van der Waals surface area contributed by atoms with Crippen LogP contribution in [0.3, 0.4) is 0 Å². The van der Waals surface area contributed by atoms with Crippen molar-refractivity contribution in [2.24, 2.45) is 5.14 Å². The number of hydrogen-bond donors (Lipinski definition) is 2. The van der Waals surface area contributed by atoms with E-state index in [2.05, 4.69) is 12.2 Å². The summed E-state index contributed by atoms with van der Waals surface area (Å²) in [6.07, 6.45) is 0.0288. The molecule has 0 aliphatic carbocycles. The normalized spacial score (nSPS) is 21.6. The van der Waals surface area contributed by atoms with Crippen LogP contribution in [0.15, 0.2) is 47.4 Å². The molecule has 0 spiro atoms. The zero-order valence-electron chi connectivity index (χ0n) is 13.2. The molecule has 7 heteroatoms. The first kappa shape index (κ1) is 17.4. The number of primary sulfonamides is 1. The number of ether oxygens (including phenoxy) is 1. The van der Waals surface area contributed by atoms with Crippen molar-refractivity contribution < 1.29 is 13.2 Å².